The van der Waals surface area contributed by atoms with Gasteiger partial charge in [-0.3, -0.25) is 0 Å². The fourth-order valence-corrected chi connectivity index (χ4v) is 2.89. The summed E-state index contributed by atoms with van der Waals surface area (Å²) in [5.41, 5.74) is 0. The second kappa shape index (κ2) is 8.39. The van der Waals surface area contributed by atoms with E-state index in [1.54, 1.807) is 7.11 Å². The number of hydrogen-bond acceptors (Lipinski definition) is 4. The molecular weight excluding hydrogens is 210 g/mol. The average Bonchev–Trinajstić information content (AvgIpc) is 2.63. The summed E-state index contributed by atoms with van der Waals surface area (Å²) in [7, 11) is 1.74. The molecule has 0 amide bonds. The Morgan fingerprint density at radius 2 is 2.33 bits per heavy atom. The Morgan fingerprint density at radius 3 is 3.00 bits per heavy atom. The lowest BCUT2D eigenvalue weighted by Gasteiger charge is -2.13. The average molecular weight is 233 g/mol. The zero-order chi connectivity index (χ0) is 10.9. The van der Waals surface area contributed by atoms with E-state index in [2.05, 4.69) is 24.0 Å². The molecule has 1 aliphatic heterocycles. The summed E-state index contributed by atoms with van der Waals surface area (Å²) in [6, 6.07) is 0. The summed E-state index contributed by atoms with van der Waals surface area (Å²) in [6.45, 7) is 6.00. The number of ether oxygens (including phenoxy) is 2. The van der Waals surface area contributed by atoms with Crippen LogP contribution in [-0.2, 0) is 9.47 Å². The van der Waals surface area contributed by atoms with Crippen molar-refractivity contribution >= 4 is 11.8 Å². The van der Waals surface area contributed by atoms with Crippen LogP contribution in [0.1, 0.15) is 19.8 Å². The van der Waals surface area contributed by atoms with Crippen LogP contribution in [0.5, 0.6) is 0 Å². The van der Waals surface area contributed by atoms with Gasteiger partial charge in [-0.25, -0.2) is 0 Å². The maximum Gasteiger partial charge on any atom is 0.0666 e. The number of rotatable bonds is 8. The Labute approximate surface area is 97.3 Å². The van der Waals surface area contributed by atoms with Crippen molar-refractivity contribution in [3.05, 3.63) is 0 Å². The highest BCUT2D eigenvalue weighted by molar-refractivity contribution is 7.99. The Morgan fingerprint density at radius 1 is 1.47 bits per heavy atom. The van der Waals surface area contributed by atoms with E-state index in [9.17, 15) is 0 Å². The second-order valence-corrected chi connectivity index (χ2v) is 5.22. The fourth-order valence-electron chi connectivity index (χ4n) is 1.66. The minimum absolute atomic E-state index is 0.455. The van der Waals surface area contributed by atoms with Crippen LogP contribution in [-0.4, -0.2) is 50.5 Å². The largest absolute Gasteiger partial charge is 0.383 e. The van der Waals surface area contributed by atoms with Crippen LogP contribution in [0.25, 0.3) is 0 Å². The number of nitrogens with one attached hydrogen (secondary N) is 1. The monoisotopic (exact) mass is 233 g/mol. The van der Waals surface area contributed by atoms with Crippen molar-refractivity contribution in [2.24, 2.45) is 0 Å². The van der Waals surface area contributed by atoms with Crippen LogP contribution in [0.2, 0.25) is 0 Å². The highest BCUT2D eigenvalue weighted by Crippen LogP contribution is 2.26. The molecular formula is C11H23NO2S. The number of thioether (sulfide) groups is 1. The van der Waals surface area contributed by atoms with Crippen molar-refractivity contribution in [1.82, 2.24) is 5.32 Å². The van der Waals surface area contributed by atoms with Gasteiger partial charge in [0.2, 0.25) is 0 Å². The van der Waals surface area contributed by atoms with Gasteiger partial charge in [-0.15, -0.1) is 0 Å². The lowest BCUT2D eigenvalue weighted by atomic mass is 10.3. The summed E-state index contributed by atoms with van der Waals surface area (Å²) >= 11 is 2.06. The van der Waals surface area contributed by atoms with Crippen LogP contribution in [0.4, 0.5) is 0 Å². The predicted molar refractivity (Wildman–Crippen MR) is 65.6 cm³/mol. The van der Waals surface area contributed by atoms with E-state index in [1.807, 2.05) is 0 Å². The highest BCUT2D eigenvalue weighted by Gasteiger charge is 2.23. The van der Waals surface area contributed by atoms with Gasteiger partial charge in [0.15, 0.2) is 0 Å². The Bertz CT molecular complexity index is 158. The van der Waals surface area contributed by atoms with E-state index in [1.165, 1.54) is 18.6 Å². The molecule has 1 fully saturated rings. The zero-order valence-corrected chi connectivity index (χ0v) is 10.6. The minimum atomic E-state index is 0.455. The first kappa shape index (κ1) is 13.3. The molecule has 0 aliphatic carbocycles. The van der Waals surface area contributed by atoms with Crippen molar-refractivity contribution in [2.75, 3.05) is 39.2 Å². The van der Waals surface area contributed by atoms with Crippen molar-refractivity contribution in [3.63, 3.8) is 0 Å². The fraction of sp³-hybridized carbons (Fsp3) is 1.00. The van der Waals surface area contributed by atoms with Gasteiger partial charge in [0, 0.05) is 25.5 Å². The van der Waals surface area contributed by atoms with Gasteiger partial charge in [0.05, 0.1) is 12.7 Å². The molecule has 3 nitrogen and oxygen atoms in total. The van der Waals surface area contributed by atoms with Crippen molar-refractivity contribution in [3.8, 4) is 0 Å². The first-order valence-electron chi connectivity index (χ1n) is 5.77. The van der Waals surface area contributed by atoms with Crippen LogP contribution in [0, 0.1) is 0 Å². The molecule has 0 spiro atoms. The predicted octanol–water partition coefficient (Wildman–Crippen LogP) is 1.52. The van der Waals surface area contributed by atoms with Crippen LogP contribution in [0.3, 0.4) is 0 Å². The first-order valence-corrected chi connectivity index (χ1v) is 6.82. The molecule has 1 N–H and O–H groups in total. The molecule has 2 atom stereocenters. The standard InChI is InChI=1S/C11H23NO2S/c1-10-11(4-7-14-10)15-9-3-5-12-6-8-13-2/h10-12H,3-9H2,1-2H3. The molecule has 90 valence electrons. The summed E-state index contributed by atoms with van der Waals surface area (Å²) in [6.07, 6.45) is 2.91. The van der Waals surface area contributed by atoms with Gasteiger partial charge in [0.1, 0.15) is 0 Å². The third kappa shape index (κ3) is 5.76. The van der Waals surface area contributed by atoms with E-state index in [0.29, 0.717) is 6.10 Å². The molecule has 4 heteroatoms. The van der Waals surface area contributed by atoms with Crippen LogP contribution < -0.4 is 5.32 Å². The molecule has 0 aromatic carbocycles. The Kier molecular flexibility index (Phi) is 7.44. The SMILES string of the molecule is COCCNCCCSC1CCOC1C. The molecule has 0 bridgehead atoms. The van der Waals surface area contributed by atoms with E-state index in [-0.39, 0.29) is 0 Å². The minimum Gasteiger partial charge on any atom is -0.383 e. The van der Waals surface area contributed by atoms with Crippen LogP contribution in [0.15, 0.2) is 0 Å². The second-order valence-electron chi connectivity index (χ2n) is 3.87. The summed E-state index contributed by atoms with van der Waals surface area (Å²) in [5, 5.41) is 4.08. The van der Waals surface area contributed by atoms with E-state index in [4.69, 9.17) is 9.47 Å². The van der Waals surface area contributed by atoms with Gasteiger partial charge < -0.3 is 14.8 Å². The molecule has 1 heterocycles. The topological polar surface area (TPSA) is 30.5 Å². The van der Waals surface area contributed by atoms with E-state index >= 15 is 0 Å². The maximum absolute atomic E-state index is 5.52. The molecule has 2 unspecified atom stereocenters. The number of hydrogen-bond donors (Lipinski definition) is 1. The normalized spacial score (nSPS) is 26.0. The molecule has 1 aliphatic rings. The molecule has 1 rings (SSSR count). The third-order valence-electron chi connectivity index (χ3n) is 2.62. The van der Waals surface area contributed by atoms with E-state index in [0.717, 1.165) is 31.6 Å². The molecule has 0 aromatic rings. The highest BCUT2D eigenvalue weighted by atomic mass is 32.2. The molecule has 15 heavy (non-hydrogen) atoms. The number of methoxy groups -OCH3 is 1. The van der Waals surface area contributed by atoms with Gasteiger partial charge in [-0.05, 0) is 32.1 Å². The Balaban J connectivity index is 1.84. The summed E-state index contributed by atoms with van der Waals surface area (Å²) < 4.78 is 10.5. The Hall–Kier alpha value is 0.230. The quantitative estimate of drug-likeness (QED) is 0.644. The van der Waals surface area contributed by atoms with Gasteiger partial charge in [0.25, 0.3) is 0 Å². The molecule has 0 radical (unpaired) electrons. The third-order valence-corrected chi connectivity index (χ3v) is 4.19. The zero-order valence-electron chi connectivity index (χ0n) is 9.83. The van der Waals surface area contributed by atoms with Crippen molar-refractivity contribution < 1.29 is 9.47 Å². The summed E-state index contributed by atoms with van der Waals surface area (Å²) in [4.78, 5) is 0. The maximum atomic E-state index is 5.52. The van der Waals surface area contributed by atoms with Crippen LogP contribution >= 0.6 is 11.8 Å². The summed E-state index contributed by atoms with van der Waals surface area (Å²) in [5.74, 6) is 1.23. The first-order chi connectivity index (χ1) is 7.34. The lowest BCUT2D eigenvalue weighted by Crippen LogP contribution is -2.21. The molecule has 1 saturated heterocycles. The molecule has 0 aromatic heterocycles. The van der Waals surface area contributed by atoms with Crippen molar-refractivity contribution in [2.45, 2.75) is 31.1 Å². The van der Waals surface area contributed by atoms with Gasteiger partial charge in [-0.1, -0.05) is 0 Å². The lowest BCUT2D eigenvalue weighted by molar-refractivity contribution is 0.127. The van der Waals surface area contributed by atoms with Gasteiger partial charge >= 0.3 is 0 Å². The smallest absolute Gasteiger partial charge is 0.0666 e. The van der Waals surface area contributed by atoms with E-state index < -0.39 is 0 Å². The van der Waals surface area contributed by atoms with Crippen molar-refractivity contribution in [1.29, 1.82) is 0 Å². The molecule has 0 saturated carbocycles. The van der Waals surface area contributed by atoms with Gasteiger partial charge in [-0.2, -0.15) is 11.8 Å².